The second-order valence-electron chi connectivity index (χ2n) is 7.91. The number of alkyl halides is 3. The van der Waals surface area contributed by atoms with Gasteiger partial charge in [-0.05, 0) is 54.8 Å². The average Bonchev–Trinajstić information content (AvgIpc) is 2.85. The molecule has 0 aliphatic heterocycles. The number of carboxylic acid groups (broad SMARTS) is 1. The van der Waals surface area contributed by atoms with Crippen molar-refractivity contribution in [2.24, 2.45) is 5.73 Å². The number of carboxylic acids is 1. The maximum absolute atomic E-state index is 10.6. The highest BCUT2D eigenvalue weighted by molar-refractivity contribution is 5.73. The van der Waals surface area contributed by atoms with Crippen LogP contribution in [0.4, 0.5) is 13.2 Å². The Morgan fingerprint density at radius 1 is 0.800 bits per heavy atom. The topological polar surface area (TPSA) is 75.8 Å². The minimum Gasteiger partial charge on any atom is -0.489 e. The summed E-state index contributed by atoms with van der Waals surface area (Å²) in [6, 6.07) is 29.4. The Morgan fingerprint density at radius 2 is 1.29 bits per heavy atom. The lowest BCUT2D eigenvalue weighted by atomic mass is 10.1. The van der Waals surface area contributed by atoms with Crippen LogP contribution in [0.1, 0.15) is 29.5 Å². The largest absolute Gasteiger partial charge is 0.490 e. The first kappa shape index (κ1) is 27.9. The molecule has 0 unspecified atom stereocenters. The predicted molar refractivity (Wildman–Crippen MR) is 130 cm³/mol. The van der Waals surface area contributed by atoms with E-state index in [0.717, 1.165) is 44.8 Å². The van der Waals surface area contributed by atoms with Crippen LogP contribution in [0.25, 0.3) is 0 Å². The lowest BCUT2D eigenvalue weighted by Crippen LogP contribution is -2.24. The third kappa shape index (κ3) is 11.6. The van der Waals surface area contributed by atoms with Gasteiger partial charge < -0.3 is 15.6 Å². The Bertz CT molecular complexity index is 982. The summed E-state index contributed by atoms with van der Waals surface area (Å²) in [4.78, 5) is 11.4. The summed E-state index contributed by atoms with van der Waals surface area (Å²) in [5, 5.41) is 7.12. The zero-order chi connectivity index (χ0) is 25.5. The normalized spacial score (nSPS) is 11.0. The number of nitrogens with zero attached hydrogens (tertiary/aromatic N) is 1. The van der Waals surface area contributed by atoms with Gasteiger partial charge in [0.15, 0.2) is 0 Å². The third-order valence-electron chi connectivity index (χ3n) is 5.00. The third-order valence-corrected chi connectivity index (χ3v) is 5.00. The van der Waals surface area contributed by atoms with Gasteiger partial charge in [0, 0.05) is 13.1 Å². The summed E-state index contributed by atoms with van der Waals surface area (Å²) < 4.78 is 37.6. The Labute approximate surface area is 204 Å². The molecule has 3 rings (SSSR count). The number of unbranched alkanes of at least 4 members (excludes halogenated alkanes) is 1. The summed E-state index contributed by atoms with van der Waals surface area (Å²) >= 11 is 0. The van der Waals surface area contributed by atoms with Gasteiger partial charge in [0.2, 0.25) is 0 Å². The molecule has 0 aliphatic rings. The SMILES string of the molecule is NCCCCN(Cc1ccccc1)Cc1ccc(OCc2ccccc2)cc1.O=C(O)C(F)(F)F. The number of aliphatic carboxylic acids is 1. The summed E-state index contributed by atoms with van der Waals surface area (Å²) in [6.45, 7) is 4.29. The Kier molecular flexibility index (Phi) is 11.8. The summed E-state index contributed by atoms with van der Waals surface area (Å²) in [6.07, 6.45) is -2.89. The number of halogens is 3. The van der Waals surface area contributed by atoms with Crippen LogP contribution in [0.5, 0.6) is 5.75 Å². The van der Waals surface area contributed by atoms with E-state index in [4.69, 9.17) is 20.4 Å². The highest BCUT2D eigenvalue weighted by Gasteiger charge is 2.38. The Morgan fingerprint density at radius 3 is 1.77 bits per heavy atom. The summed E-state index contributed by atoms with van der Waals surface area (Å²) in [5.74, 6) is -1.85. The standard InChI is InChI=1S/C25H30N2O.C2HF3O2/c26-17-7-8-18-27(19-22-9-3-1-4-10-22)20-23-13-15-25(16-14-23)28-21-24-11-5-2-6-12-24;3-2(4,5)1(6)7/h1-6,9-16H,7-8,17-21,26H2;(H,6,7). The van der Waals surface area contributed by atoms with Crippen molar-refractivity contribution < 1.29 is 27.8 Å². The summed E-state index contributed by atoms with van der Waals surface area (Å²) in [7, 11) is 0. The van der Waals surface area contributed by atoms with E-state index in [9.17, 15) is 13.2 Å². The highest BCUT2D eigenvalue weighted by atomic mass is 19.4. The number of ether oxygens (including phenoxy) is 1. The molecular weight excluding hydrogens is 457 g/mol. The molecule has 5 nitrogen and oxygen atoms in total. The molecule has 3 aromatic rings. The second kappa shape index (κ2) is 14.8. The molecular formula is C27H31F3N2O3. The van der Waals surface area contributed by atoms with E-state index >= 15 is 0 Å². The van der Waals surface area contributed by atoms with Crippen LogP contribution in [-0.2, 0) is 24.5 Å². The fourth-order valence-corrected chi connectivity index (χ4v) is 3.23. The fourth-order valence-electron chi connectivity index (χ4n) is 3.23. The molecule has 0 radical (unpaired) electrons. The molecule has 0 bridgehead atoms. The van der Waals surface area contributed by atoms with Gasteiger partial charge in [-0.15, -0.1) is 0 Å². The van der Waals surface area contributed by atoms with Crippen molar-refractivity contribution in [2.75, 3.05) is 13.1 Å². The molecule has 3 N–H and O–H groups in total. The maximum atomic E-state index is 10.6. The van der Waals surface area contributed by atoms with Crippen molar-refractivity contribution in [3.8, 4) is 5.75 Å². The van der Waals surface area contributed by atoms with Gasteiger partial charge in [-0.3, -0.25) is 4.90 Å². The van der Waals surface area contributed by atoms with Gasteiger partial charge >= 0.3 is 12.1 Å². The van der Waals surface area contributed by atoms with Crippen LogP contribution in [0.2, 0.25) is 0 Å². The van der Waals surface area contributed by atoms with Crippen LogP contribution in [0.15, 0.2) is 84.9 Å². The van der Waals surface area contributed by atoms with E-state index in [2.05, 4.69) is 71.6 Å². The van der Waals surface area contributed by atoms with Crippen molar-refractivity contribution in [1.29, 1.82) is 0 Å². The van der Waals surface area contributed by atoms with Crippen LogP contribution in [-0.4, -0.2) is 35.2 Å². The highest BCUT2D eigenvalue weighted by Crippen LogP contribution is 2.17. The van der Waals surface area contributed by atoms with Gasteiger partial charge in [0.1, 0.15) is 12.4 Å². The van der Waals surface area contributed by atoms with Crippen LogP contribution < -0.4 is 10.5 Å². The van der Waals surface area contributed by atoms with Crippen molar-refractivity contribution in [3.05, 3.63) is 102 Å². The molecule has 0 amide bonds. The Hall–Kier alpha value is -3.36. The van der Waals surface area contributed by atoms with Crippen molar-refractivity contribution in [3.63, 3.8) is 0 Å². The number of hydrogen-bond acceptors (Lipinski definition) is 4. The average molecular weight is 489 g/mol. The minimum atomic E-state index is -5.08. The van der Waals surface area contributed by atoms with Crippen LogP contribution in [0, 0.1) is 0 Å². The number of nitrogens with two attached hydrogens (primary N) is 1. The smallest absolute Gasteiger partial charge is 0.489 e. The molecule has 35 heavy (non-hydrogen) atoms. The molecule has 0 saturated carbocycles. The first-order valence-electron chi connectivity index (χ1n) is 11.3. The first-order valence-corrected chi connectivity index (χ1v) is 11.3. The number of benzene rings is 3. The minimum absolute atomic E-state index is 0.597. The van der Waals surface area contributed by atoms with Gasteiger partial charge in [-0.25, -0.2) is 4.79 Å². The predicted octanol–water partition coefficient (Wildman–Crippen LogP) is 5.64. The van der Waals surface area contributed by atoms with E-state index in [1.165, 1.54) is 16.7 Å². The van der Waals surface area contributed by atoms with Crippen LogP contribution >= 0.6 is 0 Å². The van der Waals surface area contributed by atoms with Gasteiger partial charge in [0.25, 0.3) is 0 Å². The number of rotatable bonds is 11. The van der Waals surface area contributed by atoms with Gasteiger partial charge in [-0.1, -0.05) is 72.8 Å². The van der Waals surface area contributed by atoms with E-state index in [1.54, 1.807) is 0 Å². The van der Waals surface area contributed by atoms with Crippen molar-refractivity contribution in [1.82, 2.24) is 4.90 Å². The Balaban J connectivity index is 0.000000540. The van der Waals surface area contributed by atoms with Crippen molar-refractivity contribution in [2.45, 2.75) is 38.7 Å². The molecule has 0 fully saturated rings. The molecule has 3 aromatic carbocycles. The van der Waals surface area contributed by atoms with E-state index in [-0.39, 0.29) is 0 Å². The molecule has 0 saturated heterocycles. The lowest BCUT2D eigenvalue weighted by molar-refractivity contribution is -0.192. The van der Waals surface area contributed by atoms with Crippen LogP contribution in [0.3, 0.4) is 0 Å². The maximum Gasteiger partial charge on any atom is 0.490 e. The number of hydrogen-bond donors (Lipinski definition) is 2. The number of carbonyl (C=O) groups is 1. The molecule has 0 aliphatic carbocycles. The quantitative estimate of drug-likeness (QED) is 0.342. The van der Waals surface area contributed by atoms with E-state index < -0.39 is 12.1 Å². The summed E-state index contributed by atoms with van der Waals surface area (Å²) in [5.41, 5.74) is 9.50. The molecule has 8 heteroatoms. The van der Waals surface area contributed by atoms with E-state index in [0.29, 0.717) is 6.61 Å². The second-order valence-corrected chi connectivity index (χ2v) is 7.91. The molecule has 0 aromatic heterocycles. The molecule has 0 spiro atoms. The zero-order valence-electron chi connectivity index (χ0n) is 19.5. The van der Waals surface area contributed by atoms with Crippen molar-refractivity contribution >= 4 is 5.97 Å². The molecule has 188 valence electrons. The molecule has 0 heterocycles. The zero-order valence-corrected chi connectivity index (χ0v) is 19.5. The van der Waals surface area contributed by atoms with E-state index in [1.807, 2.05) is 18.2 Å². The fraction of sp³-hybridized carbons (Fsp3) is 0.296. The molecule has 0 atom stereocenters. The monoisotopic (exact) mass is 488 g/mol. The first-order chi connectivity index (χ1) is 16.8. The lowest BCUT2D eigenvalue weighted by Gasteiger charge is -2.22. The van der Waals surface area contributed by atoms with Gasteiger partial charge in [-0.2, -0.15) is 13.2 Å². The van der Waals surface area contributed by atoms with Gasteiger partial charge in [0.05, 0.1) is 0 Å².